The van der Waals surface area contributed by atoms with Crippen LogP contribution in [0.4, 0.5) is 5.69 Å². The van der Waals surface area contributed by atoms with Crippen LogP contribution in [0.3, 0.4) is 0 Å². The molecule has 0 atom stereocenters. The zero-order chi connectivity index (χ0) is 20.3. The Kier molecular flexibility index (Phi) is 5.90. The molecule has 28 heavy (non-hydrogen) atoms. The van der Waals surface area contributed by atoms with Crippen LogP contribution in [0, 0.1) is 6.92 Å². The van der Waals surface area contributed by atoms with Crippen LogP contribution in [-0.2, 0) is 14.8 Å². The van der Waals surface area contributed by atoms with Crippen molar-refractivity contribution in [3.8, 4) is 5.75 Å². The van der Waals surface area contributed by atoms with E-state index < -0.39 is 10.0 Å². The van der Waals surface area contributed by atoms with Crippen LogP contribution in [0.1, 0.15) is 15.9 Å². The van der Waals surface area contributed by atoms with Crippen LogP contribution in [0.5, 0.6) is 5.75 Å². The normalized spacial score (nSPS) is 14.6. The zero-order valence-electron chi connectivity index (χ0n) is 16.2. The lowest BCUT2D eigenvalue weighted by Gasteiger charge is -2.27. The minimum absolute atomic E-state index is 0.0707. The van der Waals surface area contributed by atoms with Crippen LogP contribution in [-0.4, -0.2) is 59.7 Å². The number of methoxy groups -OCH3 is 1. The van der Waals surface area contributed by atoms with Crippen molar-refractivity contribution in [1.82, 2.24) is 4.90 Å². The Morgan fingerprint density at radius 3 is 2.32 bits per heavy atom. The van der Waals surface area contributed by atoms with Crippen molar-refractivity contribution in [1.29, 1.82) is 0 Å². The van der Waals surface area contributed by atoms with Gasteiger partial charge < -0.3 is 14.4 Å². The summed E-state index contributed by atoms with van der Waals surface area (Å²) in [6.07, 6.45) is 0. The van der Waals surface area contributed by atoms with Crippen molar-refractivity contribution in [3.63, 3.8) is 0 Å². The fourth-order valence-corrected chi connectivity index (χ4v) is 4.39. The molecule has 2 aromatic carbocycles. The first-order valence-corrected chi connectivity index (χ1v) is 10.4. The van der Waals surface area contributed by atoms with E-state index in [4.69, 9.17) is 9.47 Å². The Bertz CT molecular complexity index is 951. The van der Waals surface area contributed by atoms with Gasteiger partial charge in [0.2, 0.25) is 0 Å². The van der Waals surface area contributed by atoms with Gasteiger partial charge in [-0.15, -0.1) is 0 Å². The fourth-order valence-electron chi connectivity index (χ4n) is 3.13. The fraction of sp³-hybridized carbons (Fsp3) is 0.350. The Hall–Kier alpha value is -2.58. The standard InChI is InChI=1S/C20H24N2O5S/c1-15-14-16(20(23)22-10-12-27-13-11-22)4-9-19(15)21(2)28(24,25)18-7-5-17(26-3)6-8-18/h4-9,14H,10-13H2,1-3H3. The van der Waals surface area contributed by atoms with E-state index in [-0.39, 0.29) is 10.8 Å². The van der Waals surface area contributed by atoms with Gasteiger partial charge in [0.05, 0.1) is 30.9 Å². The number of anilines is 1. The van der Waals surface area contributed by atoms with Gasteiger partial charge in [0, 0.05) is 25.7 Å². The number of carbonyl (C=O) groups excluding carboxylic acids is 1. The van der Waals surface area contributed by atoms with E-state index in [1.54, 1.807) is 42.2 Å². The molecule has 0 aromatic heterocycles. The van der Waals surface area contributed by atoms with Gasteiger partial charge in [-0.3, -0.25) is 9.10 Å². The highest BCUT2D eigenvalue weighted by atomic mass is 32.2. The third kappa shape index (κ3) is 3.98. The van der Waals surface area contributed by atoms with Crippen molar-refractivity contribution in [2.24, 2.45) is 0 Å². The molecule has 0 spiro atoms. The molecule has 1 heterocycles. The number of morpholine rings is 1. The van der Waals surface area contributed by atoms with E-state index in [1.165, 1.54) is 30.6 Å². The minimum atomic E-state index is -3.73. The molecule has 0 saturated carbocycles. The summed E-state index contributed by atoms with van der Waals surface area (Å²) in [5, 5.41) is 0. The van der Waals surface area contributed by atoms with Gasteiger partial charge in [0.15, 0.2) is 0 Å². The number of ether oxygens (including phenoxy) is 2. The molecule has 3 rings (SSSR count). The number of carbonyl (C=O) groups is 1. The Labute approximate surface area is 165 Å². The summed E-state index contributed by atoms with van der Waals surface area (Å²) in [6, 6.07) is 11.3. The minimum Gasteiger partial charge on any atom is -0.497 e. The number of hydrogen-bond acceptors (Lipinski definition) is 5. The Morgan fingerprint density at radius 2 is 1.75 bits per heavy atom. The van der Waals surface area contributed by atoms with Gasteiger partial charge in [-0.2, -0.15) is 0 Å². The number of rotatable bonds is 5. The average Bonchev–Trinajstić information content (AvgIpc) is 2.73. The van der Waals surface area contributed by atoms with Crippen molar-refractivity contribution in [2.75, 3.05) is 44.8 Å². The van der Waals surface area contributed by atoms with Crippen LogP contribution in [0.2, 0.25) is 0 Å². The molecule has 0 unspecified atom stereocenters. The first-order valence-electron chi connectivity index (χ1n) is 8.95. The van der Waals surface area contributed by atoms with Crippen molar-refractivity contribution >= 4 is 21.6 Å². The number of sulfonamides is 1. The highest BCUT2D eigenvalue weighted by molar-refractivity contribution is 7.92. The van der Waals surface area contributed by atoms with Crippen LogP contribution >= 0.6 is 0 Å². The van der Waals surface area contributed by atoms with Gasteiger partial charge >= 0.3 is 0 Å². The smallest absolute Gasteiger partial charge is 0.264 e. The SMILES string of the molecule is COc1ccc(S(=O)(=O)N(C)c2ccc(C(=O)N3CCOCC3)cc2C)cc1. The largest absolute Gasteiger partial charge is 0.497 e. The van der Waals surface area contributed by atoms with E-state index in [1.807, 2.05) is 0 Å². The second kappa shape index (κ2) is 8.20. The third-order valence-electron chi connectivity index (χ3n) is 4.80. The molecular formula is C20H24N2O5S. The maximum absolute atomic E-state index is 12.9. The van der Waals surface area contributed by atoms with Crippen molar-refractivity contribution in [2.45, 2.75) is 11.8 Å². The van der Waals surface area contributed by atoms with E-state index in [2.05, 4.69) is 0 Å². The maximum atomic E-state index is 12.9. The number of amides is 1. The molecule has 0 bridgehead atoms. The monoisotopic (exact) mass is 404 g/mol. The Morgan fingerprint density at radius 1 is 1.11 bits per heavy atom. The van der Waals surface area contributed by atoms with Gasteiger partial charge in [0.25, 0.3) is 15.9 Å². The van der Waals surface area contributed by atoms with Gasteiger partial charge in [-0.1, -0.05) is 0 Å². The van der Waals surface area contributed by atoms with Gasteiger partial charge in [0.1, 0.15) is 5.75 Å². The molecule has 150 valence electrons. The van der Waals surface area contributed by atoms with Crippen LogP contribution < -0.4 is 9.04 Å². The highest BCUT2D eigenvalue weighted by Crippen LogP contribution is 2.27. The van der Waals surface area contributed by atoms with E-state index in [0.717, 1.165) is 0 Å². The summed E-state index contributed by atoms with van der Waals surface area (Å²) in [7, 11) is -0.695. The quantitative estimate of drug-likeness (QED) is 0.764. The molecule has 1 saturated heterocycles. The first-order chi connectivity index (χ1) is 13.3. The zero-order valence-corrected chi connectivity index (χ0v) is 17.0. The predicted molar refractivity (Wildman–Crippen MR) is 106 cm³/mol. The molecule has 0 radical (unpaired) electrons. The molecule has 7 nitrogen and oxygen atoms in total. The van der Waals surface area contributed by atoms with Crippen molar-refractivity contribution < 1.29 is 22.7 Å². The molecule has 1 aliphatic rings. The maximum Gasteiger partial charge on any atom is 0.264 e. The predicted octanol–water partition coefficient (Wildman–Crippen LogP) is 2.30. The molecular weight excluding hydrogens is 380 g/mol. The second-order valence-corrected chi connectivity index (χ2v) is 8.52. The summed E-state index contributed by atoms with van der Waals surface area (Å²) in [5.74, 6) is 0.516. The first kappa shape index (κ1) is 20.2. The molecule has 0 N–H and O–H groups in total. The lowest BCUT2D eigenvalue weighted by Crippen LogP contribution is -2.40. The van der Waals surface area contributed by atoms with E-state index in [9.17, 15) is 13.2 Å². The van der Waals surface area contributed by atoms with E-state index in [0.29, 0.717) is 48.9 Å². The molecule has 1 fully saturated rings. The number of aryl methyl sites for hydroxylation is 1. The lowest BCUT2D eigenvalue weighted by molar-refractivity contribution is 0.0303. The summed E-state index contributed by atoms with van der Waals surface area (Å²) < 4.78 is 37.5. The summed E-state index contributed by atoms with van der Waals surface area (Å²) in [5.41, 5.74) is 1.77. The summed E-state index contributed by atoms with van der Waals surface area (Å²) in [6.45, 7) is 3.99. The molecule has 1 aliphatic heterocycles. The highest BCUT2D eigenvalue weighted by Gasteiger charge is 2.24. The summed E-state index contributed by atoms with van der Waals surface area (Å²) in [4.78, 5) is 14.6. The molecule has 8 heteroatoms. The number of nitrogens with zero attached hydrogens (tertiary/aromatic N) is 2. The summed E-state index contributed by atoms with van der Waals surface area (Å²) >= 11 is 0. The van der Waals surface area contributed by atoms with Gasteiger partial charge in [-0.25, -0.2) is 8.42 Å². The lowest BCUT2D eigenvalue weighted by atomic mass is 10.1. The second-order valence-electron chi connectivity index (χ2n) is 6.55. The molecule has 2 aromatic rings. The Balaban J connectivity index is 1.85. The molecule has 1 amide bonds. The van der Waals surface area contributed by atoms with Crippen LogP contribution in [0.25, 0.3) is 0 Å². The van der Waals surface area contributed by atoms with Crippen molar-refractivity contribution in [3.05, 3.63) is 53.6 Å². The number of benzene rings is 2. The van der Waals surface area contributed by atoms with Crippen LogP contribution in [0.15, 0.2) is 47.4 Å². The number of hydrogen-bond donors (Lipinski definition) is 0. The third-order valence-corrected chi connectivity index (χ3v) is 6.58. The topological polar surface area (TPSA) is 76.2 Å². The molecule has 0 aliphatic carbocycles. The van der Waals surface area contributed by atoms with E-state index >= 15 is 0 Å². The average molecular weight is 404 g/mol. The van der Waals surface area contributed by atoms with Gasteiger partial charge in [-0.05, 0) is 55.0 Å².